The largest absolute Gasteiger partial charge is 0.507 e. The second-order valence-electron chi connectivity index (χ2n) is 4.08. The third-order valence-electron chi connectivity index (χ3n) is 2.71. The van der Waals surface area contributed by atoms with E-state index in [9.17, 15) is 9.90 Å². The average Bonchev–Trinajstić information content (AvgIpc) is 2.41. The maximum Gasteiger partial charge on any atom is 0.225 e. The normalized spacial score (nSPS) is 10.2. The van der Waals surface area contributed by atoms with Gasteiger partial charge in [0.05, 0.1) is 0 Å². The summed E-state index contributed by atoms with van der Waals surface area (Å²) in [5, 5.41) is 12.5. The minimum atomic E-state index is -0.106. The number of para-hydroxylation sites is 1. The van der Waals surface area contributed by atoms with Crippen LogP contribution >= 0.6 is 11.6 Å². The van der Waals surface area contributed by atoms with Gasteiger partial charge in [0.1, 0.15) is 5.75 Å². The predicted molar refractivity (Wildman–Crippen MR) is 77.5 cm³/mol. The van der Waals surface area contributed by atoms with Crippen molar-refractivity contribution in [2.24, 2.45) is 0 Å². The number of carbonyl (C=O) groups excluding carboxylic acids is 1. The summed E-state index contributed by atoms with van der Waals surface area (Å²) in [6, 6.07) is 14.4. The van der Waals surface area contributed by atoms with Gasteiger partial charge in [-0.05, 0) is 23.8 Å². The number of halogens is 1. The molecule has 0 saturated carbocycles. The van der Waals surface area contributed by atoms with Crippen molar-refractivity contribution >= 4 is 23.2 Å². The summed E-state index contributed by atoms with van der Waals surface area (Å²) >= 11 is 5.50. The van der Waals surface area contributed by atoms with Crippen molar-refractivity contribution < 1.29 is 9.90 Å². The molecule has 2 aromatic rings. The summed E-state index contributed by atoms with van der Waals surface area (Å²) in [6.07, 6.45) is 0.294. The Hall–Kier alpha value is -2.00. The van der Waals surface area contributed by atoms with Gasteiger partial charge >= 0.3 is 0 Å². The van der Waals surface area contributed by atoms with Crippen LogP contribution in [0.2, 0.25) is 0 Å². The number of nitrogens with one attached hydrogen (secondary N) is 1. The van der Waals surface area contributed by atoms with Crippen molar-refractivity contribution in [1.82, 2.24) is 0 Å². The van der Waals surface area contributed by atoms with Crippen LogP contribution in [-0.4, -0.2) is 16.9 Å². The molecule has 0 atom stereocenters. The van der Waals surface area contributed by atoms with Crippen molar-refractivity contribution in [2.75, 3.05) is 11.2 Å². The maximum absolute atomic E-state index is 11.4. The average molecular weight is 276 g/mol. The van der Waals surface area contributed by atoms with Crippen LogP contribution in [-0.2, 0) is 4.79 Å². The summed E-state index contributed by atoms with van der Waals surface area (Å²) in [4.78, 5) is 11.4. The van der Waals surface area contributed by atoms with Crippen LogP contribution in [0.3, 0.4) is 0 Å². The number of amides is 1. The molecular weight excluding hydrogens is 262 g/mol. The van der Waals surface area contributed by atoms with E-state index < -0.39 is 0 Å². The highest BCUT2D eigenvalue weighted by molar-refractivity contribution is 6.19. The van der Waals surface area contributed by atoms with E-state index in [1.807, 2.05) is 24.3 Å². The van der Waals surface area contributed by atoms with Gasteiger partial charge in [-0.3, -0.25) is 4.79 Å². The molecule has 1 amide bonds. The molecule has 98 valence electrons. The maximum atomic E-state index is 11.4. The number of hydrogen-bond acceptors (Lipinski definition) is 2. The molecule has 0 bridgehead atoms. The Bertz CT molecular complexity index is 567. The summed E-state index contributed by atoms with van der Waals surface area (Å²) in [5.41, 5.74) is 2.38. The summed E-state index contributed by atoms with van der Waals surface area (Å²) in [6.45, 7) is 0. The first-order chi connectivity index (χ1) is 9.20. The second-order valence-corrected chi connectivity index (χ2v) is 4.46. The molecule has 0 saturated heterocycles. The van der Waals surface area contributed by atoms with E-state index in [0.717, 1.165) is 11.1 Å². The SMILES string of the molecule is O=C(CCCl)Nc1ccc(-c2ccccc2O)cc1. The smallest absolute Gasteiger partial charge is 0.225 e. The van der Waals surface area contributed by atoms with Crippen molar-refractivity contribution in [3.63, 3.8) is 0 Å². The molecule has 2 aromatic carbocycles. The van der Waals surface area contributed by atoms with Crippen LogP contribution < -0.4 is 5.32 Å². The first-order valence-corrected chi connectivity index (χ1v) is 6.48. The monoisotopic (exact) mass is 275 g/mol. The molecule has 3 nitrogen and oxygen atoms in total. The van der Waals surface area contributed by atoms with Crippen LogP contribution in [0.15, 0.2) is 48.5 Å². The molecule has 0 unspecified atom stereocenters. The Labute approximate surface area is 116 Å². The van der Waals surface area contributed by atoms with Gasteiger partial charge in [0, 0.05) is 23.6 Å². The number of rotatable bonds is 4. The van der Waals surface area contributed by atoms with Crippen molar-refractivity contribution in [1.29, 1.82) is 0 Å². The highest BCUT2D eigenvalue weighted by Crippen LogP contribution is 2.29. The van der Waals surface area contributed by atoms with Crippen LogP contribution in [0.5, 0.6) is 5.75 Å². The molecule has 0 aromatic heterocycles. The topological polar surface area (TPSA) is 49.3 Å². The van der Waals surface area contributed by atoms with Crippen LogP contribution in [0.1, 0.15) is 6.42 Å². The van der Waals surface area contributed by atoms with Crippen LogP contribution in [0.25, 0.3) is 11.1 Å². The summed E-state index contributed by atoms with van der Waals surface area (Å²) in [5.74, 6) is 0.439. The Balaban J connectivity index is 2.15. The van der Waals surface area contributed by atoms with E-state index in [1.165, 1.54) is 0 Å². The Kier molecular flexibility index (Phi) is 4.42. The molecule has 0 aliphatic rings. The number of anilines is 1. The van der Waals surface area contributed by atoms with Crippen molar-refractivity contribution in [3.8, 4) is 16.9 Å². The number of aromatic hydroxyl groups is 1. The quantitative estimate of drug-likeness (QED) is 0.837. The molecule has 0 heterocycles. The van der Waals surface area contributed by atoms with Gasteiger partial charge in [0.25, 0.3) is 0 Å². The zero-order valence-corrected chi connectivity index (χ0v) is 11.0. The Morgan fingerprint density at radius 2 is 1.79 bits per heavy atom. The molecule has 0 aliphatic carbocycles. The first kappa shape index (κ1) is 13.4. The summed E-state index contributed by atoms with van der Waals surface area (Å²) < 4.78 is 0. The summed E-state index contributed by atoms with van der Waals surface area (Å²) in [7, 11) is 0. The van der Waals surface area contributed by atoms with Gasteiger partial charge in [0.15, 0.2) is 0 Å². The third kappa shape index (κ3) is 3.48. The van der Waals surface area contributed by atoms with E-state index in [4.69, 9.17) is 11.6 Å². The van der Waals surface area contributed by atoms with E-state index >= 15 is 0 Å². The number of hydrogen-bond donors (Lipinski definition) is 2. The standard InChI is InChI=1S/C15H14ClNO2/c16-10-9-15(19)17-12-7-5-11(6-8-12)13-3-1-2-4-14(13)18/h1-8,18H,9-10H2,(H,17,19). The zero-order chi connectivity index (χ0) is 13.7. The minimum Gasteiger partial charge on any atom is -0.507 e. The lowest BCUT2D eigenvalue weighted by atomic mass is 10.0. The number of phenols is 1. The number of carbonyl (C=O) groups is 1. The number of phenolic OH excluding ortho intramolecular Hbond substituents is 1. The van der Waals surface area contributed by atoms with Gasteiger partial charge in [0.2, 0.25) is 5.91 Å². The van der Waals surface area contributed by atoms with Crippen LogP contribution in [0, 0.1) is 0 Å². The van der Waals surface area contributed by atoms with E-state index in [0.29, 0.717) is 18.0 Å². The molecular formula is C15H14ClNO2. The van der Waals surface area contributed by atoms with Crippen molar-refractivity contribution in [2.45, 2.75) is 6.42 Å². The molecule has 2 N–H and O–H groups in total. The molecule has 0 spiro atoms. The zero-order valence-electron chi connectivity index (χ0n) is 10.3. The van der Waals surface area contributed by atoms with Gasteiger partial charge in [-0.25, -0.2) is 0 Å². The molecule has 0 aliphatic heterocycles. The third-order valence-corrected chi connectivity index (χ3v) is 2.89. The number of benzene rings is 2. The van der Waals surface area contributed by atoms with E-state index in [1.54, 1.807) is 24.3 Å². The van der Waals surface area contributed by atoms with Gasteiger partial charge in [-0.15, -0.1) is 11.6 Å². The lowest BCUT2D eigenvalue weighted by Gasteiger charge is -2.07. The molecule has 2 rings (SSSR count). The van der Waals surface area contributed by atoms with Crippen LogP contribution in [0.4, 0.5) is 5.69 Å². The fourth-order valence-corrected chi connectivity index (χ4v) is 1.93. The lowest BCUT2D eigenvalue weighted by Crippen LogP contribution is -2.11. The number of alkyl halides is 1. The fourth-order valence-electron chi connectivity index (χ4n) is 1.76. The Morgan fingerprint density at radius 3 is 2.42 bits per heavy atom. The molecule has 0 fully saturated rings. The highest BCUT2D eigenvalue weighted by Gasteiger charge is 2.04. The highest BCUT2D eigenvalue weighted by atomic mass is 35.5. The first-order valence-electron chi connectivity index (χ1n) is 5.95. The second kappa shape index (κ2) is 6.25. The van der Waals surface area contributed by atoms with Gasteiger partial charge in [-0.2, -0.15) is 0 Å². The molecule has 0 radical (unpaired) electrons. The fraction of sp³-hybridized carbons (Fsp3) is 0.133. The van der Waals surface area contributed by atoms with E-state index in [-0.39, 0.29) is 11.7 Å². The Morgan fingerprint density at radius 1 is 1.11 bits per heavy atom. The molecule has 4 heteroatoms. The minimum absolute atomic E-state index is 0.106. The van der Waals surface area contributed by atoms with Crippen molar-refractivity contribution in [3.05, 3.63) is 48.5 Å². The van der Waals surface area contributed by atoms with Gasteiger partial charge in [-0.1, -0.05) is 30.3 Å². The lowest BCUT2D eigenvalue weighted by molar-refractivity contribution is -0.115. The van der Waals surface area contributed by atoms with E-state index in [2.05, 4.69) is 5.32 Å². The molecule has 19 heavy (non-hydrogen) atoms. The van der Waals surface area contributed by atoms with Gasteiger partial charge < -0.3 is 10.4 Å². The predicted octanol–water partition coefficient (Wildman–Crippen LogP) is 3.63.